The lowest BCUT2D eigenvalue weighted by Gasteiger charge is -2.11. The van der Waals surface area contributed by atoms with E-state index >= 15 is 0 Å². The van der Waals surface area contributed by atoms with E-state index in [0.717, 1.165) is 22.5 Å². The molecular formula is C14H13ClN4. The number of anilines is 2. The number of nitrogens with zero attached hydrogens (tertiary/aromatic N) is 3. The van der Waals surface area contributed by atoms with E-state index in [-0.39, 0.29) is 0 Å². The minimum Gasteiger partial charge on any atom is -0.337 e. The third-order valence-corrected chi connectivity index (χ3v) is 3.25. The molecule has 0 bridgehead atoms. The monoisotopic (exact) mass is 272 g/mol. The van der Waals surface area contributed by atoms with Crippen LogP contribution in [0, 0.1) is 32.1 Å². The molecule has 2 aromatic rings. The summed E-state index contributed by atoms with van der Waals surface area (Å²) < 4.78 is 0. The normalized spacial score (nSPS) is 10.1. The molecule has 19 heavy (non-hydrogen) atoms. The zero-order valence-corrected chi connectivity index (χ0v) is 11.7. The Morgan fingerprint density at radius 3 is 2.63 bits per heavy atom. The predicted octanol–water partition coefficient (Wildman–Crippen LogP) is 3.67. The molecule has 0 spiro atoms. The average Bonchev–Trinajstić information content (AvgIpc) is 2.38. The van der Waals surface area contributed by atoms with Crippen molar-refractivity contribution in [2.24, 2.45) is 0 Å². The van der Waals surface area contributed by atoms with E-state index in [1.165, 1.54) is 0 Å². The van der Waals surface area contributed by atoms with Crippen LogP contribution in [0.2, 0.25) is 5.02 Å². The SMILES string of the molecule is Cc1ccc(Cl)cc1Nc1nnc(C)c(C)c1C#N. The summed E-state index contributed by atoms with van der Waals surface area (Å²) in [5, 5.41) is 21.1. The summed E-state index contributed by atoms with van der Waals surface area (Å²) in [4.78, 5) is 0. The van der Waals surface area contributed by atoms with Crippen LogP contribution in [0.25, 0.3) is 0 Å². The highest BCUT2D eigenvalue weighted by Gasteiger charge is 2.11. The number of hydrogen-bond donors (Lipinski definition) is 1. The number of nitriles is 1. The minimum absolute atomic E-state index is 0.455. The van der Waals surface area contributed by atoms with E-state index in [0.29, 0.717) is 16.4 Å². The lowest BCUT2D eigenvalue weighted by molar-refractivity contribution is 0.960. The molecule has 0 saturated heterocycles. The van der Waals surface area contributed by atoms with Crippen molar-refractivity contribution >= 4 is 23.1 Å². The summed E-state index contributed by atoms with van der Waals surface area (Å²) in [7, 11) is 0. The summed E-state index contributed by atoms with van der Waals surface area (Å²) in [6.45, 7) is 5.65. The van der Waals surface area contributed by atoms with Crippen LogP contribution in [0.4, 0.5) is 11.5 Å². The van der Waals surface area contributed by atoms with E-state index in [1.807, 2.05) is 32.9 Å². The quantitative estimate of drug-likeness (QED) is 0.906. The number of rotatable bonds is 2. The van der Waals surface area contributed by atoms with Gasteiger partial charge >= 0.3 is 0 Å². The van der Waals surface area contributed by atoms with Crippen LogP contribution in [0.15, 0.2) is 18.2 Å². The molecule has 1 heterocycles. The van der Waals surface area contributed by atoms with Crippen LogP contribution in [-0.2, 0) is 0 Å². The van der Waals surface area contributed by atoms with Gasteiger partial charge in [0.25, 0.3) is 0 Å². The van der Waals surface area contributed by atoms with Gasteiger partial charge < -0.3 is 5.32 Å². The van der Waals surface area contributed by atoms with Crippen LogP contribution in [0.3, 0.4) is 0 Å². The molecule has 0 radical (unpaired) electrons. The molecule has 0 aliphatic carbocycles. The highest BCUT2D eigenvalue weighted by molar-refractivity contribution is 6.30. The summed E-state index contributed by atoms with van der Waals surface area (Å²) >= 11 is 5.97. The molecule has 1 aromatic heterocycles. The van der Waals surface area contributed by atoms with Crippen molar-refractivity contribution in [1.82, 2.24) is 10.2 Å². The smallest absolute Gasteiger partial charge is 0.171 e. The molecule has 1 aromatic carbocycles. The third-order valence-electron chi connectivity index (χ3n) is 3.02. The molecule has 2 rings (SSSR count). The second-order valence-corrected chi connectivity index (χ2v) is 4.77. The van der Waals surface area contributed by atoms with Crippen LogP contribution in [0.5, 0.6) is 0 Å². The molecule has 5 heteroatoms. The molecule has 0 fully saturated rings. The van der Waals surface area contributed by atoms with E-state index < -0.39 is 0 Å². The Bertz CT molecular complexity index is 674. The van der Waals surface area contributed by atoms with Crippen molar-refractivity contribution in [3.63, 3.8) is 0 Å². The second kappa shape index (κ2) is 5.25. The Morgan fingerprint density at radius 2 is 1.95 bits per heavy atom. The number of aromatic nitrogens is 2. The molecular weight excluding hydrogens is 260 g/mol. The van der Waals surface area contributed by atoms with Crippen molar-refractivity contribution in [3.05, 3.63) is 45.6 Å². The van der Waals surface area contributed by atoms with Crippen LogP contribution in [-0.4, -0.2) is 10.2 Å². The lowest BCUT2D eigenvalue weighted by atomic mass is 10.1. The van der Waals surface area contributed by atoms with Gasteiger partial charge in [-0.05, 0) is 44.0 Å². The highest BCUT2D eigenvalue weighted by Crippen LogP contribution is 2.26. The van der Waals surface area contributed by atoms with Gasteiger partial charge in [-0.15, -0.1) is 5.10 Å². The maximum atomic E-state index is 9.24. The van der Waals surface area contributed by atoms with Crippen LogP contribution in [0.1, 0.15) is 22.4 Å². The molecule has 0 unspecified atom stereocenters. The van der Waals surface area contributed by atoms with Crippen molar-refractivity contribution in [3.8, 4) is 6.07 Å². The van der Waals surface area contributed by atoms with Gasteiger partial charge in [0.2, 0.25) is 0 Å². The topological polar surface area (TPSA) is 61.6 Å². The van der Waals surface area contributed by atoms with Gasteiger partial charge in [-0.3, -0.25) is 0 Å². The van der Waals surface area contributed by atoms with Crippen molar-refractivity contribution < 1.29 is 0 Å². The minimum atomic E-state index is 0.455. The first-order valence-electron chi connectivity index (χ1n) is 5.80. The standard InChI is InChI=1S/C14H13ClN4/c1-8-4-5-11(15)6-13(8)17-14-12(7-16)9(2)10(3)18-19-14/h4-6H,1-3H3,(H,17,19). The highest BCUT2D eigenvalue weighted by atomic mass is 35.5. The molecule has 96 valence electrons. The first-order chi connectivity index (χ1) is 9.02. The Labute approximate surface area is 117 Å². The summed E-state index contributed by atoms with van der Waals surface area (Å²) in [6, 6.07) is 7.69. The first-order valence-corrected chi connectivity index (χ1v) is 6.18. The zero-order chi connectivity index (χ0) is 14.0. The van der Waals surface area contributed by atoms with E-state index in [9.17, 15) is 5.26 Å². The number of hydrogen-bond acceptors (Lipinski definition) is 4. The van der Waals surface area contributed by atoms with Gasteiger partial charge in [0.05, 0.1) is 5.69 Å². The summed E-state index contributed by atoms with van der Waals surface area (Å²) in [5.74, 6) is 0.455. The molecule has 0 aliphatic rings. The van der Waals surface area contributed by atoms with Gasteiger partial charge in [0.15, 0.2) is 5.82 Å². The largest absolute Gasteiger partial charge is 0.337 e. The molecule has 1 N–H and O–H groups in total. The fraction of sp³-hybridized carbons (Fsp3) is 0.214. The van der Waals surface area contributed by atoms with Gasteiger partial charge in [-0.1, -0.05) is 17.7 Å². The van der Waals surface area contributed by atoms with Crippen molar-refractivity contribution in [1.29, 1.82) is 5.26 Å². The Hall–Kier alpha value is -2.12. The number of benzene rings is 1. The van der Waals surface area contributed by atoms with Crippen LogP contribution >= 0.6 is 11.6 Å². The molecule has 0 amide bonds. The van der Waals surface area contributed by atoms with Gasteiger partial charge in [0, 0.05) is 10.7 Å². The Kier molecular flexibility index (Phi) is 3.68. The maximum Gasteiger partial charge on any atom is 0.171 e. The zero-order valence-electron chi connectivity index (χ0n) is 11.0. The number of nitrogens with one attached hydrogen (secondary N) is 1. The Balaban J connectivity index is 2.47. The lowest BCUT2D eigenvalue weighted by Crippen LogP contribution is -2.04. The van der Waals surface area contributed by atoms with Crippen molar-refractivity contribution in [2.45, 2.75) is 20.8 Å². The van der Waals surface area contributed by atoms with Gasteiger partial charge in [0.1, 0.15) is 11.6 Å². The molecule has 0 saturated carbocycles. The number of aryl methyl sites for hydroxylation is 2. The number of halogens is 1. The van der Waals surface area contributed by atoms with Gasteiger partial charge in [-0.25, -0.2) is 0 Å². The fourth-order valence-electron chi connectivity index (χ4n) is 1.69. The average molecular weight is 273 g/mol. The Morgan fingerprint density at radius 1 is 1.21 bits per heavy atom. The molecule has 0 atom stereocenters. The van der Waals surface area contributed by atoms with E-state index in [4.69, 9.17) is 11.6 Å². The van der Waals surface area contributed by atoms with Gasteiger partial charge in [-0.2, -0.15) is 10.4 Å². The summed E-state index contributed by atoms with van der Waals surface area (Å²) in [6.07, 6.45) is 0. The van der Waals surface area contributed by atoms with Crippen LogP contribution < -0.4 is 5.32 Å². The first kappa shape index (κ1) is 13.3. The third kappa shape index (κ3) is 2.67. The second-order valence-electron chi connectivity index (χ2n) is 4.33. The summed E-state index contributed by atoms with van der Waals surface area (Å²) in [5.41, 5.74) is 3.94. The molecule has 4 nitrogen and oxygen atoms in total. The maximum absolute atomic E-state index is 9.24. The van der Waals surface area contributed by atoms with E-state index in [2.05, 4.69) is 21.6 Å². The predicted molar refractivity (Wildman–Crippen MR) is 75.7 cm³/mol. The van der Waals surface area contributed by atoms with Crippen molar-refractivity contribution in [2.75, 3.05) is 5.32 Å². The molecule has 0 aliphatic heterocycles. The van der Waals surface area contributed by atoms with E-state index in [1.54, 1.807) is 6.07 Å². The fourth-order valence-corrected chi connectivity index (χ4v) is 1.86.